The summed E-state index contributed by atoms with van der Waals surface area (Å²) >= 11 is 0. The number of para-hydroxylation sites is 1. The molecule has 6 heteroatoms. The molecule has 0 aliphatic heterocycles. The third-order valence-electron chi connectivity index (χ3n) is 4.87. The Morgan fingerprint density at radius 3 is 2.23 bits per heavy atom. The summed E-state index contributed by atoms with van der Waals surface area (Å²) in [4.78, 5) is 0. The van der Waals surface area contributed by atoms with Gasteiger partial charge in [-0.1, -0.05) is 50.3 Å². The van der Waals surface area contributed by atoms with Crippen LogP contribution in [-0.4, -0.2) is 15.0 Å². The van der Waals surface area contributed by atoms with Gasteiger partial charge in [0.15, 0.2) is 5.75 Å². The van der Waals surface area contributed by atoms with Gasteiger partial charge in [0, 0.05) is 6.07 Å². The van der Waals surface area contributed by atoms with E-state index in [4.69, 9.17) is 4.74 Å². The molecule has 0 radical (unpaired) electrons. The number of hydrogen-bond donors (Lipinski definition) is 0. The zero-order valence-corrected chi connectivity index (χ0v) is 16.9. The first-order chi connectivity index (χ1) is 14.4. The maximum absolute atomic E-state index is 9.48. The SMILES string of the molecule is CC(C)(C)c1ccc(Oc2cc(C#N)c(C#N)cc2-n2nnc3ccccc32)cc1. The normalized spacial score (nSPS) is 11.1. The Labute approximate surface area is 174 Å². The quantitative estimate of drug-likeness (QED) is 0.474. The van der Waals surface area contributed by atoms with Gasteiger partial charge in [-0.15, -0.1) is 5.10 Å². The van der Waals surface area contributed by atoms with Crippen molar-refractivity contribution >= 4 is 11.0 Å². The van der Waals surface area contributed by atoms with E-state index in [-0.39, 0.29) is 16.5 Å². The van der Waals surface area contributed by atoms with Crippen LogP contribution in [0.15, 0.2) is 60.7 Å². The van der Waals surface area contributed by atoms with Crippen molar-refractivity contribution in [2.24, 2.45) is 0 Å². The lowest BCUT2D eigenvalue weighted by Gasteiger charge is -2.19. The maximum atomic E-state index is 9.48. The first-order valence-electron chi connectivity index (χ1n) is 9.48. The summed E-state index contributed by atoms with van der Waals surface area (Å²) in [6.45, 7) is 6.45. The summed E-state index contributed by atoms with van der Waals surface area (Å²) in [5.41, 5.74) is 3.76. The summed E-state index contributed by atoms with van der Waals surface area (Å²) in [5.74, 6) is 1.05. The summed E-state index contributed by atoms with van der Waals surface area (Å²) < 4.78 is 7.76. The van der Waals surface area contributed by atoms with E-state index in [9.17, 15) is 10.5 Å². The highest BCUT2D eigenvalue weighted by atomic mass is 16.5. The largest absolute Gasteiger partial charge is 0.455 e. The van der Waals surface area contributed by atoms with E-state index in [1.807, 2.05) is 48.5 Å². The molecular formula is C24H19N5O. The Morgan fingerprint density at radius 2 is 1.57 bits per heavy atom. The molecule has 146 valence electrons. The molecule has 4 aromatic rings. The standard InChI is InChI=1S/C24H19N5O/c1-24(2,3)18-8-10-19(11-9-18)30-23-13-17(15-26)16(14-25)12-22(23)29-21-7-5-4-6-20(21)27-28-29/h4-13H,1-3H3. The van der Waals surface area contributed by atoms with E-state index in [0.717, 1.165) is 11.0 Å². The highest BCUT2D eigenvalue weighted by Gasteiger charge is 2.18. The predicted molar refractivity (Wildman–Crippen MR) is 114 cm³/mol. The van der Waals surface area contributed by atoms with Crippen LogP contribution in [0.2, 0.25) is 0 Å². The fourth-order valence-corrected chi connectivity index (χ4v) is 3.20. The number of aromatic nitrogens is 3. The van der Waals surface area contributed by atoms with Gasteiger partial charge in [-0.2, -0.15) is 10.5 Å². The fraction of sp³-hybridized carbons (Fsp3) is 0.167. The number of nitriles is 2. The minimum atomic E-state index is 0.0335. The Kier molecular flexibility index (Phi) is 4.69. The third-order valence-corrected chi connectivity index (χ3v) is 4.87. The van der Waals surface area contributed by atoms with E-state index < -0.39 is 0 Å². The van der Waals surface area contributed by atoms with Gasteiger partial charge in [0.2, 0.25) is 0 Å². The fourth-order valence-electron chi connectivity index (χ4n) is 3.20. The number of benzene rings is 3. The van der Waals surface area contributed by atoms with Gasteiger partial charge in [0.1, 0.15) is 29.1 Å². The molecule has 1 heterocycles. The number of ether oxygens (including phenoxy) is 1. The monoisotopic (exact) mass is 393 g/mol. The molecule has 0 spiro atoms. The van der Waals surface area contributed by atoms with E-state index in [2.05, 4.69) is 43.2 Å². The van der Waals surface area contributed by atoms with Crippen LogP contribution >= 0.6 is 0 Å². The van der Waals surface area contributed by atoms with Crippen LogP contribution in [0.1, 0.15) is 37.5 Å². The molecule has 0 aliphatic carbocycles. The smallest absolute Gasteiger partial charge is 0.154 e. The number of rotatable bonds is 3. The molecular weight excluding hydrogens is 374 g/mol. The molecule has 0 atom stereocenters. The molecule has 0 saturated carbocycles. The maximum Gasteiger partial charge on any atom is 0.154 e. The van der Waals surface area contributed by atoms with Crippen LogP contribution in [0, 0.1) is 22.7 Å². The van der Waals surface area contributed by atoms with Crippen LogP contribution in [0.3, 0.4) is 0 Å². The van der Waals surface area contributed by atoms with E-state index in [0.29, 0.717) is 17.2 Å². The highest BCUT2D eigenvalue weighted by molar-refractivity contribution is 5.77. The van der Waals surface area contributed by atoms with Gasteiger partial charge in [-0.3, -0.25) is 0 Å². The van der Waals surface area contributed by atoms with E-state index in [1.54, 1.807) is 16.8 Å². The second-order valence-electron chi connectivity index (χ2n) is 7.96. The Hall–Kier alpha value is -4.16. The van der Waals surface area contributed by atoms with E-state index in [1.165, 1.54) is 5.56 Å². The molecule has 1 aromatic heterocycles. The van der Waals surface area contributed by atoms with Crippen LogP contribution in [0.25, 0.3) is 16.7 Å². The lowest BCUT2D eigenvalue weighted by atomic mass is 9.87. The van der Waals surface area contributed by atoms with Gasteiger partial charge in [-0.05, 0) is 41.3 Å². The molecule has 0 amide bonds. The Balaban J connectivity index is 1.84. The van der Waals surface area contributed by atoms with Gasteiger partial charge < -0.3 is 4.74 Å². The predicted octanol–water partition coefficient (Wildman–Crippen LogP) is 5.25. The van der Waals surface area contributed by atoms with E-state index >= 15 is 0 Å². The second kappa shape index (κ2) is 7.35. The first-order valence-corrected chi connectivity index (χ1v) is 9.48. The van der Waals surface area contributed by atoms with Gasteiger partial charge in [-0.25, -0.2) is 4.68 Å². The zero-order valence-electron chi connectivity index (χ0n) is 16.9. The molecule has 0 saturated heterocycles. The lowest BCUT2D eigenvalue weighted by Crippen LogP contribution is -2.10. The summed E-state index contributed by atoms with van der Waals surface area (Å²) in [6, 6.07) is 22.7. The van der Waals surface area contributed by atoms with Gasteiger partial charge >= 0.3 is 0 Å². The number of nitrogens with zero attached hydrogens (tertiary/aromatic N) is 5. The van der Waals surface area contributed by atoms with Crippen LogP contribution < -0.4 is 4.74 Å². The summed E-state index contributed by atoms with van der Waals surface area (Å²) in [5, 5.41) is 27.4. The molecule has 4 rings (SSSR count). The third kappa shape index (κ3) is 3.47. The van der Waals surface area contributed by atoms with Crippen molar-refractivity contribution in [3.8, 4) is 29.3 Å². The molecule has 0 bridgehead atoms. The second-order valence-corrected chi connectivity index (χ2v) is 7.96. The molecule has 0 unspecified atom stereocenters. The van der Waals surface area contributed by atoms with Crippen LogP contribution in [0.4, 0.5) is 0 Å². The highest BCUT2D eigenvalue weighted by Crippen LogP contribution is 2.33. The van der Waals surface area contributed by atoms with Crippen molar-refractivity contribution < 1.29 is 4.74 Å². The molecule has 3 aromatic carbocycles. The minimum absolute atomic E-state index is 0.0335. The van der Waals surface area contributed by atoms with Gasteiger partial charge in [0.25, 0.3) is 0 Å². The number of fused-ring (bicyclic) bond motifs is 1. The van der Waals surface area contributed by atoms with Crippen molar-refractivity contribution in [2.75, 3.05) is 0 Å². The summed E-state index contributed by atoms with van der Waals surface area (Å²) in [6.07, 6.45) is 0. The van der Waals surface area contributed by atoms with Crippen molar-refractivity contribution in [2.45, 2.75) is 26.2 Å². The van der Waals surface area contributed by atoms with Crippen LogP contribution in [0.5, 0.6) is 11.5 Å². The molecule has 6 nitrogen and oxygen atoms in total. The Morgan fingerprint density at radius 1 is 0.900 bits per heavy atom. The first kappa shape index (κ1) is 19.2. The average Bonchev–Trinajstić information content (AvgIpc) is 3.17. The molecule has 30 heavy (non-hydrogen) atoms. The minimum Gasteiger partial charge on any atom is -0.455 e. The lowest BCUT2D eigenvalue weighted by molar-refractivity contribution is 0.476. The Bertz CT molecular complexity index is 1320. The van der Waals surface area contributed by atoms with Crippen molar-refractivity contribution in [1.29, 1.82) is 10.5 Å². The van der Waals surface area contributed by atoms with Crippen molar-refractivity contribution in [3.63, 3.8) is 0 Å². The van der Waals surface area contributed by atoms with Gasteiger partial charge in [0.05, 0.1) is 16.6 Å². The van der Waals surface area contributed by atoms with Crippen molar-refractivity contribution in [3.05, 3.63) is 77.4 Å². The molecule has 0 fully saturated rings. The average molecular weight is 393 g/mol. The van der Waals surface area contributed by atoms with Crippen LogP contribution in [-0.2, 0) is 5.41 Å². The molecule has 0 N–H and O–H groups in total. The zero-order chi connectivity index (χ0) is 21.3. The molecule has 0 aliphatic rings. The topological polar surface area (TPSA) is 87.5 Å². The number of hydrogen-bond acceptors (Lipinski definition) is 5. The van der Waals surface area contributed by atoms with Crippen molar-refractivity contribution in [1.82, 2.24) is 15.0 Å². The summed E-state index contributed by atoms with van der Waals surface area (Å²) in [7, 11) is 0.